The van der Waals surface area contributed by atoms with Crippen molar-refractivity contribution < 1.29 is 38.4 Å². The van der Waals surface area contributed by atoms with Gasteiger partial charge in [0.05, 0.1) is 27.4 Å². The summed E-state index contributed by atoms with van der Waals surface area (Å²) >= 11 is 0. The summed E-state index contributed by atoms with van der Waals surface area (Å²) in [5.74, 6) is 1.32. The van der Waals surface area contributed by atoms with Crippen molar-refractivity contribution >= 4 is 22.6 Å². The molecule has 43 heavy (non-hydrogen) atoms. The van der Waals surface area contributed by atoms with Crippen LogP contribution in [0.3, 0.4) is 0 Å². The minimum Gasteiger partial charge on any atom is -0.497 e. The number of fused-ring (bicyclic) bond motifs is 1. The topological polar surface area (TPSA) is 140 Å². The number of ether oxygens (including phenoxy) is 4. The maximum absolute atomic E-state index is 13.3. The lowest BCUT2D eigenvalue weighted by Gasteiger charge is -2.37. The number of aryl methyl sites for hydroxylation is 1. The summed E-state index contributed by atoms with van der Waals surface area (Å²) < 4.78 is 28.2. The second kappa shape index (κ2) is 12.3. The second-order valence-electron chi connectivity index (χ2n) is 10.4. The third-order valence-corrected chi connectivity index (χ3v) is 7.51. The molecular weight excluding hydrogens is 556 g/mol. The second-order valence-corrected chi connectivity index (χ2v) is 10.4. The molecule has 11 heteroatoms. The Morgan fingerprint density at radius 3 is 2.47 bits per heavy atom. The van der Waals surface area contributed by atoms with Crippen LogP contribution >= 0.6 is 0 Å². The normalized spacial score (nSPS) is 18.7. The Labute approximate surface area is 248 Å². The van der Waals surface area contributed by atoms with Gasteiger partial charge in [0.2, 0.25) is 0 Å². The standard InChI is InChI=1S/C32H34N2O9/c1-17-29-20(14-26(41-5)30(17)42-27-16-34(2)15-24(35)28(27)36)13-23(32(38)43-29)33-31(37)19-9-10-25(40-4)22(12-19)18-7-6-8-21(11-18)39-3/h6-14,24,27-28,35-36H,15-16H2,1-5H3,(H,33,37)/t24-,27?,28-/m1/s1. The summed E-state index contributed by atoms with van der Waals surface area (Å²) in [5.41, 5.74) is 1.66. The number of carbonyl (C=O) groups excluding carboxylic acids is 1. The van der Waals surface area contributed by atoms with Crippen LogP contribution in [0.2, 0.25) is 0 Å². The van der Waals surface area contributed by atoms with Crippen molar-refractivity contribution in [2.24, 2.45) is 0 Å². The van der Waals surface area contributed by atoms with Crippen molar-refractivity contribution in [1.82, 2.24) is 4.90 Å². The Kier molecular flexibility index (Phi) is 8.58. The lowest BCUT2D eigenvalue weighted by molar-refractivity contribution is -0.0955. The van der Waals surface area contributed by atoms with Crippen LogP contribution in [0.1, 0.15) is 15.9 Å². The zero-order valence-electron chi connectivity index (χ0n) is 24.5. The lowest BCUT2D eigenvalue weighted by Crippen LogP contribution is -2.56. The molecule has 1 aliphatic rings. The van der Waals surface area contributed by atoms with Gasteiger partial charge in [-0.2, -0.15) is 0 Å². The molecule has 0 bridgehead atoms. The van der Waals surface area contributed by atoms with Crippen molar-refractivity contribution in [2.75, 3.05) is 46.8 Å². The highest BCUT2D eigenvalue weighted by Crippen LogP contribution is 2.39. The number of likely N-dealkylation sites (tertiary alicyclic amines) is 1. The van der Waals surface area contributed by atoms with E-state index in [1.54, 1.807) is 45.4 Å². The van der Waals surface area contributed by atoms with Crippen LogP contribution in [0.5, 0.6) is 23.0 Å². The fourth-order valence-electron chi connectivity index (χ4n) is 5.25. The first-order valence-electron chi connectivity index (χ1n) is 13.6. The molecule has 4 aromatic rings. The van der Waals surface area contributed by atoms with Crippen molar-refractivity contribution in [3.63, 3.8) is 0 Å². The molecule has 1 aromatic heterocycles. The van der Waals surface area contributed by atoms with Gasteiger partial charge in [0.1, 0.15) is 35.0 Å². The molecule has 0 aliphatic carbocycles. The predicted octanol–water partition coefficient (Wildman–Crippen LogP) is 3.46. The molecule has 1 amide bonds. The monoisotopic (exact) mass is 590 g/mol. The fraction of sp³-hybridized carbons (Fsp3) is 0.312. The smallest absolute Gasteiger partial charge is 0.360 e. The first-order valence-corrected chi connectivity index (χ1v) is 13.6. The van der Waals surface area contributed by atoms with Crippen LogP contribution in [0.25, 0.3) is 22.1 Å². The van der Waals surface area contributed by atoms with Crippen LogP contribution in [0.15, 0.2) is 63.8 Å². The number of hydrogen-bond donors (Lipinski definition) is 3. The van der Waals surface area contributed by atoms with Gasteiger partial charge in [0, 0.05) is 35.2 Å². The zero-order valence-corrected chi connectivity index (χ0v) is 24.5. The third kappa shape index (κ3) is 6.00. The molecule has 1 fully saturated rings. The molecule has 11 nitrogen and oxygen atoms in total. The molecule has 0 spiro atoms. The van der Waals surface area contributed by atoms with E-state index in [1.807, 2.05) is 36.2 Å². The lowest BCUT2D eigenvalue weighted by atomic mass is 10.0. The minimum atomic E-state index is -1.11. The summed E-state index contributed by atoms with van der Waals surface area (Å²) in [5, 5.41) is 23.9. The van der Waals surface area contributed by atoms with E-state index in [-0.39, 0.29) is 17.0 Å². The Morgan fingerprint density at radius 2 is 1.74 bits per heavy atom. The van der Waals surface area contributed by atoms with Crippen LogP contribution < -0.4 is 29.9 Å². The zero-order chi connectivity index (χ0) is 30.8. The number of anilines is 1. The number of carbonyl (C=O) groups is 1. The first kappa shape index (κ1) is 29.9. The van der Waals surface area contributed by atoms with E-state index in [9.17, 15) is 19.8 Å². The number of aliphatic hydroxyl groups excluding tert-OH is 2. The van der Waals surface area contributed by atoms with Gasteiger partial charge in [-0.25, -0.2) is 4.79 Å². The van der Waals surface area contributed by atoms with Gasteiger partial charge in [0.15, 0.2) is 11.5 Å². The Morgan fingerprint density at radius 1 is 0.977 bits per heavy atom. The van der Waals surface area contributed by atoms with E-state index in [0.717, 1.165) is 5.56 Å². The number of benzene rings is 3. The summed E-state index contributed by atoms with van der Waals surface area (Å²) in [4.78, 5) is 28.2. The molecule has 0 radical (unpaired) electrons. The van der Waals surface area contributed by atoms with Gasteiger partial charge in [0.25, 0.3) is 5.91 Å². The number of aliphatic hydroxyl groups is 2. The van der Waals surface area contributed by atoms with Gasteiger partial charge in [-0.15, -0.1) is 0 Å². The van der Waals surface area contributed by atoms with Crippen LogP contribution in [-0.4, -0.2) is 80.8 Å². The minimum absolute atomic E-state index is 0.0566. The predicted molar refractivity (Wildman–Crippen MR) is 161 cm³/mol. The van der Waals surface area contributed by atoms with Gasteiger partial charge >= 0.3 is 5.63 Å². The van der Waals surface area contributed by atoms with Crippen molar-refractivity contribution in [3.05, 3.63) is 76.1 Å². The van der Waals surface area contributed by atoms with E-state index in [4.69, 9.17) is 23.4 Å². The van der Waals surface area contributed by atoms with E-state index in [2.05, 4.69) is 5.32 Å². The summed E-state index contributed by atoms with van der Waals surface area (Å²) in [6, 6.07) is 15.5. The molecule has 3 atom stereocenters. The largest absolute Gasteiger partial charge is 0.497 e. The van der Waals surface area contributed by atoms with Gasteiger partial charge in [-0.1, -0.05) is 12.1 Å². The average Bonchev–Trinajstić information content (AvgIpc) is 3.01. The highest BCUT2D eigenvalue weighted by atomic mass is 16.5. The van der Waals surface area contributed by atoms with Crippen molar-refractivity contribution in [2.45, 2.75) is 25.2 Å². The Balaban J connectivity index is 1.46. The van der Waals surface area contributed by atoms with E-state index < -0.39 is 29.8 Å². The molecule has 3 N–H and O–H groups in total. The number of methoxy groups -OCH3 is 3. The quantitative estimate of drug-likeness (QED) is 0.262. The third-order valence-electron chi connectivity index (χ3n) is 7.51. The van der Waals surface area contributed by atoms with Crippen molar-refractivity contribution in [1.29, 1.82) is 0 Å². The molecular formula is C32H34N2O9. The number of piperidine rings is 1. The van der Waals surface area contributed by atoms with Gasteiger partial charge in [-0.05, 0) is 62.0 Å². The number of nitrogens with zero attached hydrogens (tertiary/aromatic N) is 1. The van der Waals surface area contributed by atoms with E-state index in [0.29, 0.717) is 52.4 Å². The number of amides is 1. The van der Waals surface area contributed by atoms with Crippen LogP contribution in [0.4, 0.5) is 5.69 Å². The Bertz CT molecular complexity index is 1720. The van der Waals surface area contributed by atoms with E-state index >= 15 is 0 Å². The van der Waals surface area contributed by atoms with E-state index in [1.165, 1.54) is 13.2 Å². The van der Waals surface area contributed by atoms with Gasteiger partial charge in [-0.3, -0.25) is 9.69 Å². The molecule has 1 unspecified atom stereocenters. The van der Waals surface area contributed by atoms with Crippen LogP contribution in [-0.2, 0) is 0 Å². The molecule has 0 saturated carbocycles. The number of likely N-dealkylation sites (N-methyl/N-ethyl adjacent to an activating group) is 1. The summed E-state index contributed by atoms with van der Waals surface area (Å²) in [6.07, 6.45) is -2.82. The number of hydrogen-bond acceptors (Lipinski definition) is 10. The highest BCUT2D eigenvalue weighted by Gasteiger charge is 2.36. The number of β-amino-alcohol motifs (C(OH)–C–C–N with tert-alkyl or cyclic N) is 1. The van der Waals surface area contributed by atoms with Gasteiger partial charge < -0.3 is 38.9 Å². The average molecular weight is 591 g/mol. The summed E-state index contributed by atoms with van der Waals surface area (Å²) in [7, 11) is 6.41. The number of nitrogens with one attached hydrogen (secondary N) is 1. The molecule has 226 valence electrons. The van der Waals surface area contributed by atoms with Crippen LogP contribution in [0, 0.1) is 6.92 Å². The highest BCUT2D eigenvalue weighted by molar-refractivity contribution is 6.06. The maximum atomic E-state index is 13.3. The molecule has 1 aliphatic heterocycles. The summed E-state index contributed by atoms with van der Waals surface area (Å²) in [6.45, 7) is 2.39. The maximum Gasteiger partial charge on any atom is 0.360 e. The van der Waals surface area contributed by atoms with Crippen molar-refractivity contribution in [3.8, 4) is 34.1 Å². The SMILES string of the molecule is COc1cccc(-c2cc(C(=O)Nc3cc4cc(OC)c(OC5CN(C)C[C@@H](O)[C@H]5O)c(C)c4oc3=O)ccc2OC)c1. The first-order chi connectivity index (χ1) is 20.6. The number of rotatable bonds is 8. The molecule has 3 aromatic carbocycles. The molecule has 2 heterocycles. The Hall–Kier alpha value is -4.58. The fourth-order valence-corrected chi connectivity index (χ4v) is 5.25. The molecule has 5 rings (SSSR count). The molecule has 1 saturated heterocycles.